The normalized spacial score (nSPS) is 11.1. The molecule has 0 aliphatic rings. The predicted octanol–water partition coefficient (Wildman–Crippen LogP) is 1.46. The molecule has 0 radical (unpaired) electrons. The van der Waals surface area contributed by atoms with Gasteiger partial charge in [0.25, 0.3) is 9.05 Å². The molecule has 0 fully saturated rings. The summed E-state index contributed by atoms with van der Waals surface area (Å²) in [6, 6.07) is 1.02. The summed E-state index contributed by atoms with van der Waals surface area (Å²) in [5.41, 5.74) is -0.728. The van der Waals surface area contributed by atoms with Gasteiger partial charge in [-0.2, -0.15) is 0 Å². The topological polar surface area (TPSA) is 63.2 Å². The van der Waals surface area contributed by atoms with Gasteiger partial charge in [-0.3, -0.25) is 4.79 Å². The fourth-order valence-electron chi connectivity index (χ4n) is 0.887. The zero-order valence-corrected chi connectivity index (χ0v) is 8.57. The van der Waals surface area contributed by atoms with Gasteiger partial charge in [-0.15, -0.1) is 0 Å². The van der Waals surface area contributed by atoms with Gasteiger partial charge >= 0.3 is 0 Å². The van der Waals surface area contributed by atoms with Gasteiger partial charge in [0.15, 0.2) is 11.6 Å². The van der Waals surface area contributed by atoms with E-state index >= 15 is 0 Å². The molecular weight excluding hydrogens is 252 g/mol. The van der Waals surface area contributed by atoms with Crippen LogP contribution in [0.25, 0.3) is 0 Å². The number of nitrogens with one attached hydrogen (secondary N) is 1. The van der Waals surface area contributed by atoms with Gasteiger partial charge in [0, 0.05) is 10.7 Å². The second-order valence-corrected chi connectivity index (χ2v) is 5.03. The van der Waals surface area contributed by atoms with Crippen LogP contribution in [-0.4, -0.2) is 14.8 Å². The zero-order valence-electron chi connectivity index (χ0n) is 7.00. The molecule has 15 heavy (non-hydrogen) atoms. The number of amides is 1. The molecule has 1 aromatic rings. The Morgan fingerprint density at radius 2 is 1.73 bits per heavy atom. The monoisotopic (exact) mass is 255 g/mol. The van der Waals surface area contributed by atoms with E-state index in [1.54, 1.807) is 5.32 Å². The summed E-state index contributed by atoms with van der Waals surface area (Å²) in [6.45, 7) is 0. The number of carbonyl (C=O) groups is 1. The number of hydrogen-bond donors (Lipinski definition) is 1. The molecule has 0 aromatic heterocycles. The summed E-state index contributed by atoms with van der Waals surface area (Å²) < 4.78 is 47.6. The number of hydrogen-bond acceptors (Lipinski definition) is 3. The number of anilines is 1. The number of benzene rings is 1. The number of carbonyl (C=O) groups excluding carboxylic acids is 1. The highest BCUT2D eigenvalue weighted by Gasteiger charge is 2.17. The smallest absolute Gasteiger partial charge is 0.261 e. The Hall–Kier alpha value is -1.21. The van der Waals surface area contributed by atoms with Crippen LogP contribution in [0.1, 0.15) is 0 Å². The van der Waals surface area contributed by atoms with Crippen molar-refractivity contribution in [1.82, 2.24) is 0 Å². The summed E-state index contributed by atoms with van der Waals surface area (Å²) in [5, 5.41) is 1.75. The summed E-state index contributed by atoms with van der Waals surface area (Å²) in [4.78, 5) is 9.26. The first-order chi connectivity index (χ1) is 6.86. The molecule has 1 N–H and O–H groups in total. The first kappa shape index (κ1) is 11.9. The first-order valence-electron chi connectivity index (χ1n) is 3.50. The first-order valence-corrected chi connectivity index (χ1v) is 5.81. The van der Waals surface area contributed by atoms with Gasteiger partial charge in [0.1, 0.15) is 5.69 Å². The summed E-state index contributed by atoms with van der Waals surface area (Å²) in [5.74, 6) is -2.44. The number of halogens is 3. The quantitative estimate of drug-likeness (QED) is 0.657. The molecule has 0 aliphatic carbocycles. The Kier molecular flexibility index (Phi) is 3.25. The van der Waals surface area contributed by atoms with Crippen LogP contribution in [-0.2, 0) is 13.8 Å². The van der Waals surface area contributed by atoms with Crippen LogP contribution in [0.2, 0.25) is 0 Å². The maximum atomic E-state index is 13.0. The lowest BCUT2D eigenvalue weighted by atomic mass is 10.3. The third kappa shape index (κ3) is 2.63. The molecule has 0 aliphatic heterocycles. The van der Waals surface area contributed by atoms with Gasteiger partial charge in [-0.05, 0) is 12.1 Å². The summed E-state index contributed by atoms with van der Waals surface area (Å²) in [6.07, 6.45) is 0.0658. The van der Waals surface area contributed by atoms with Crippen molar-refractivity contribution in [2.24, 2.45) is 0 Å². The lowest BCUT2D eigenvalue weighted by Gasteiger charge is -2.04. The van der Waals surface area contributed by atoms with E-state index in [4.69, 9.17) is 10.7 Å². The van der Waals surface area contributed by atoms with Crippen molar-refractivity contribution in [1.29, 1.82) is 0 Å². The molecule has 0 spiro atoms. The summed E-state index contributed by atoms with van der Waals surface area (Å²) in [7, 11) is 0.677. The number of rotatable bonds is 3. The van der Waals surface area contributed by atoms with E-state index < -0.39 is 31.3 Å². The molecule has 0 heterocycles. The second kappa shape index (κ2) is 4.11. The fraction of sp³-hybridized carbons (Fsp3) is 0. The molecule has 82 valence electrons. The summed E-state index contributed by atoms with van der Waals surface area (Å²) >= 11 is 0. The Bertz CT molecular complexity index is 480. The molecular formula is C7H4ClF2NO3S. The third-order valence-corrected chi connectivity index (χ3v) is 2.83. The van der Waals surface area contributed by atoms with Gasteiger partial charge in [0.2, 0.25) is 6.41 Å². The molecule has 0 bridgehead atoms. The predicted molar refractivity (Wildman–Crippen MR) is 49.1 cm³/mol. The van der Waals surface area contributed by atoms with Crippen LogP contribution < -0.4 is 5.32 Å². The van der Waals surface area contributed by atoms with Crippen molar-refractivity contribution in [2.75, 3.05) is 5.32 Å². The van der Waals surface area contributed by atoms with Crippen molar-refractivity contribution in [3.8, 4) is 0 Å². The van der Waals surface area contributed by atoms with Gasteiger partial charge in [-0.25, -0.2) is 17.2 Å². The molecule has 0 saturated heterocycles. The van der Waals surface area contributed by atoms with E-state index in [0.717, 1.165) is 0 Å². The minimum Gasteiger partial charge on any atom is -0.324 e. The zero-order chi connectivity index (χ0) is 11.6. The standard InChI is InChI=1S/C7H4ClF2NO3S/c8-15(13,14)4-1-5(9)7(11-3-12)6(10)2-4/h1-3H,(H,11,12). The molecule has 0 atom stereocenters. The van der Waals surface area contributed by atoms with E-state index in [1.165, 1.54) is 0 Å². The van der Waals surface area contributed by atoms with Crippen LogP contribution in [0.3, 0.4) is 0 Å². The average molecular weight is 256 g/mol. The molecule has 0 saturated carbocycles. The molecule has 1 rings (SSSR count). The van der Waals surface area contributed by atoms with Crippen LogP contribution in [0.15, 0.2) is 17.0 Å². The fourth-order valence-corrected chi connectivity index (χ4v) is 1.64. The highest BCUT2D eigenvalue weighted by atomic mass is 35.7. The van der Waals surface area contributed by atoms with Crippen molar-refractivity contribution >= 4 is 31.8 Å². The molecule has 4 nitrogen and oxygen atoms in total. The third-order valence-electron chi connectivity index (χ3n) is 1.50. The lowest BCUT2D eigenvalue weighted by Crippen LogP contribution is -2.03. The van der Waals surface area contributed by atoms with E-state index in [1.807, 2.05) is 0 Å². The van der Waals surface area contributed by atoms with E-state index in [0.29, 0.717) is 12.1 Å². The van der Waals surface area contributed by atoms with E-state index in [2.05, 4.69) is 0 Å². The minimum absolute atomic E-state index is 0.0658. The van der Waals surface area contributed by atoms with E-state index in [-0.39, 0.29) is 6.41 Å². The van der Waals surface area contributed by atoms with Crippen LogP contribution >= 0.6 is 10.7 Å². The van der Waals surface area contributed by atoms with Crippen molar-refractivity contribution < 1.29 is 22.0 Å². The largest absolute Gasteiger partial charge is 0.324 e. The second-order valence-electron chi connectivity index (χ2n) is 2.46. The van der Waals surface area contributed by atoms with Crippen molar-refractivity contribution in [3.63, 3.8) is 0 Å². The highest BCUT2D eigenvalue weighted by Crippen LogP contribution is 2.24. The average Bonchev–Trinajstić information content (AvgIpc) is 2.09. The molecule has 0 unspecified atom stereocenters. The lowest BCUT2D eigenvalue weighted by molar-refractivity contribution is -0.105. The Morgan fingerprint density at radius 1 is 1.27 bits per heavy atom. The SMILES string of the molecule is O=CNc1c(F)cc(S(=O)(=O)Cl)cc1F. The Balaban J connectivity index is 3.38. The van der Waals surface area contributed by atoms with E-state index in [9.17, 15) is 22.0 Å². The highest BCUT2D eigenvalue weighted by molar-refractivity contribution is 8.13. The van der Waals surface area contributed by atoms with Crippen molar-refractivity contribution in [2.45, 2.75) is 4.90 Å². The van der Waals surface area contributed by atoms with Gasteiger partial charge in [0.05, 0.1) is 4.90 Å². The van der Waals surface area contributed by atoms with Gasteiger partial charge in [-0.1, -0.05) is 0 Å². The minimum atomic E-state index is -4.20. The Morgan fingerprint density at radius 3 is 2.07 bits per heavy atom. The maximum Gasteiger partial charge on any atom is 0.261 e. The molecule has 1 aromatic carbocycles. The molecule has 8 heteroatoms. The van der Waals surface area contributed by atoms with Crippen molar-refractivity contribution in [3.05, 3.63) is 23.8 Å². The van der Waals surface area contributed by atoms with Crippen LogP contribution in [0.5, 0.6) is 0 Å². The maximum absolute atomic E-state index is 13.0. The molecule has 1 amide bonds. The Labute approximate surface area is 88.3 Å². The van der Waals surface area contributed by atoms with Crippen LogP contribution in [0.4, 0.5) is 14.5 Å². The van der Waals surface area contributed by atoms with Gasteiger partial charge < -0.3 is 5.32 Å². The van der Waals surface area contributed by atoms with Crippen LogP contribution in [0, 0.1) is 11.6 Å².